The van der Waals surface area contributed by atoms with Crippen molar-refractivity contribution < 1.29 is 9.26 Å². The third kappa shape index (κ3) is 2.35. The van der Waals surface area contributed by atoms with Gasteiger partial charge in [-0.3, -0.25) is 0 Å². The minimum Gasteiger partial charge on any atom is -0.370 e. The van der Waals surface area contributed by atoms with Crippen molar-refractivity contribution in [1.82, 2.24) is 10.1 Å². The van der Waals surface area contributed by atoms with Gasteiger partial charge in [-0.05, 0) is 25.7 Å². The summed E-state index contributed by atoms with van der Waals surface area (Å²) in [5.74, 6) is 1.20. The molecule has 17 heavy (non-hydrogen) atoms. The third-order valence-electron chi connectivity index (χ3n) is 3.59. The predicted octanol–water partition coefficient (Wildman–Crippen LogP) is 2.29. The number of ether oxygens (including phenoxy) is 1. The molecule has 0 saturated heterocycles. The van der Waals surface area contributed by atoms with Crippen LogP contribution < -0.4 is 5.73 Å². The molecule has 1 aromatic heterocycles. The Morgan fingerprint density at radius 2 is 2.29 bits per heavy atom. The van der Waals surface area contributed by atoms with Gasteiger partial charge in [-0.15, -0.1) is 0 Å². The van der Waals surface area contributed by atoms with Crippen molar-refractivity contribution in [3.63, 3.8) is 0 Å². The van der Waals surface area contributed by atoms with E-state index >= 15 is 0 Å². The van der Waals surface area contributed by atoms with Gasteiger partial charge in [0.2, 0.25) is 11.7 Å². The molecule has 1 aliphatic carbocycles. The lowest BCUT2D eigenvalue weighted by atomic mass is 9.79. The standard InChI is InChI=1S/C12H21N3O2/c1-3-4-6-9(13)10-14-11(15-17-10)12(16-2)7-5-8-12/h9H,3-8,13H2,1-2H3. The molecule has 1 unspecified atom stereocenters. The van der Waals surface area contributed by atoms with E-state index in [1.807, 2.05) is 0 Å². The molecule has 1 aliphatic rings. The molecule has 1 saturated carbocycles. The number of hydrogen-bond donors (Lipinski definition) is 1. The van der Waals surface area contributed by atoms with E-state index < -0.39 is 0 Å². The van der Waals surface area contributed by atoms with Crippen LogP contribution in [-0.4, -0.2) is 17.3 Å². The van der Waals surface area contributed by atoms with E-state index in [0.717, 1.165) is 38.5 Å². The van der Waals surface area contributed by atoms with Crippen molar-refractivity contribution in [1.29, 1.82) is 0 Å². The fourth-order valence-corrected chi connectivity index (χ4v) is 2.14. The summed E-state index contributed by atoms with van der Waals surface area (Å²) in [5.41, 5.74) is 5.69. The maximum Gasteiger partial charge on any atom is 0.243 e. The zero-order chi connectivity index (χ0) is 12.3. The van der Waals surface area contributed by atoms with Crippen molar-refractivity contribution in [3.05, 3.63) is 11.7 Å². The first-order chi connectivity index (χ1) is 8.22. The SMILES string of the molecule is CCCCC(N)c1nc(C2(OC)CCC2)no1. The first kappa shape index (κ1) is 12.5. The number of aromatic nitrogens is 2. The van der Waals surface area contributed by atoms with E-state index in [2.05, 4.69) is 17.1 Å². The molecule has 5 heteroatoms. The van der Waals surface area contributed by atoms with Crippen LogP contribution in [0.2, 0.25) is 0 Å². The largest absolute Gasteiger partial charge is 0.370 e. The van der Waals surface area contributed by atoms with Crippen molar-refractivity contribution in [3.8, 4) is 0 Å². The molecule has 5 nitrogen and oxygen atoms in total. The molecular weight excluding hydrogens is 218 g/mol. The summed E-state index contributed by atoms with van der Waals surface area (Å²) in [6, 6.07) is -0.148. The highest BCUT2D eigenvalue weighted by Crippen LogP contribution is 2.42. The van der Waals surface area contributed by atoms with Crippen molar-refractivity contribution in [2.24, 2.45) is 5.73 Å². The zero-order valence-corrected chi connectivity index (χ0v) is 10.6. The van der Waals surface area contributed by atoms with Gasteiger partial charge in [-0.2, -0.15) is 4.98 Å². The summed E-state index contributed by atoms with van der Waals surface area (Å²) < 4.78 is 10.7. The van der Waals surface area contributed by atoms with Crippen LogP contribution in [0, 0.1) is 0 Å². The van der Waals surface area contributed by atoms with Crippen LogP contribution in [0.1, 0.15) is 63.2 Å². The van der Waals surface area contributed by atoms with Crippen LogP contribution in [0.25, 0.3) is 0 Å². The lowest BCUT2D eigenvalue weighted by Crippen LogP contribution is -2.37. The van der Waals surface area contributed by atoms with Crippen molar-refractivity contribution >= 4 is 0 Å². The topological polar surface area (TPSA) is 74.2 Å². The molecule has 96 valence electrons. The van der Waals surface area contributed by atoms with E-state index in [1.165, 1.54) is 0 Å². The highest BCUT2D eigenvalue weighted by molar-refractivity contribution is 5.07. The van der Waals surface area contributed by atoms with Gasteiger partial charge in [0.15, 0.2) is 0 Å². The molecule has 1 fully saturated rings. The summed E-state index contributed by atoms with van der Waals surface area (Å²) in [6.45, 7) is 2.14. The Kier molecular flexibility index (Phi) is 3.79. The van der Waals surface area contributed by atoms with Gasteiger partial charge in [0.25, 0.3) is 0 Å². The molecule has 0 amide bonds. The fourth-order valence-electron chi connectivity index (χ4n) is 2.14. The second-order valence-electron chi connectivity index (χ2n) is 4.76. The molecule has 1 heterocycles. The lowest BCUT2D eigenvalue weighted by Gasteiger charge is -2.37. The number of unbranched alkanes of at least 4 members (excludes halogenated alkanes) is 1. The van der Waals surface area contributed by atoms with Gasteiger partial charge < -0.3 is 15.0 Å². The van der Waals surface area contributed by atoms with E-state index in [-0.39, 0.29) is 11.6 Å². The molecule has 0 aliphatic heterocycles. The number of hydrogen-bond acceptors (Lipinski definition) is 5. The first-order valence-corrected chi connectivity index (χ1v) is 6.36. The average Bonchev–Trinajstić information content (AvgIpc) is 2.75. The number of methoxy groups -OCH3 is 1. The smallest absolute Gasteiger partial charge is 0.243 e. The van der Waals surface area contributed by atoms with Crippen molar-refractivity contribution in [2.75, 3.05) is 7.11 Å². The van der Waals surface area contributed by atoms with E-state index in [4.69, 9.17) is 15.0 Å². The zero-order valence-electron chi connectivity index (χ0n) is 10.6. The third-order valence-corrected chi connectivity index (χ3v) is 3.59. The maximum atomic E-state index is 6.00. The quantitative estimate of drug-likeness (QED) is 0.824. The van der Waals surface area contributed by atoms with Crippen LogP contribution in [0.15, 0.2) is 4.52 Å². The van der Waals surface area contributed by atoms with Gasteiger partial charge in [0.05, 0.1) is 6.04 Å². The van der Waals surface area contributed by atoms with Gasteiger partial charge in [-0.25, -0.2) is 0 Å². The van der Waals surface area contributed by atoms with Gasteiger partial charge in [0, 0.05) is 7.11 Å². The summed E-state index contributed by atoms with van der Waals surface area (Å²) >= 11 is 0. The molecule has 2 N–H and O–H groups in total. The van der Waals surface area contributed by atoms with Crippen LogP contribution in [0.3, 0.4) is 0 Å². The van der Waals surface area contributed by atoms with Gasteiger partial charge >= 0.3 is 0 Å². The second kappa shape index (κ2) is 5.14. The van der Waals surface area contributed by atoms with Crippen molar-refractivity contribution in [2.45, 2.75) is 57.1 Å². The van der Waals surface area contributed by atoms with Crippen LogP contribution in [0.5, 0.6) is 0 Å². The van der Waals surface area contributed by atoms with Crippen LogP contribution in [0.4, 0.5) is 0 Å². The van der Waals surface area contributed by atoms with Gasteiger partial charge in [0.1, 0.15) is 5.60 Å². The Bertz CT molecular complexity index is 355. The van der Waals surface area contributed by atoms with Crippen LogP contribution in [-0.2, 0) is 10.3 Å². The molecule has 1 atom stereocenters. The fraction of sp³-hybridized carbons (Fsp3) is 0.833. The molecule has 0 radical (unpaired) electrons. The summed E-state index contributed by atoms with van der Waals surface area (Å²) in [4.78, 5) is 4.40. The lowest BCUT2D eigenvalue weighted by molar-refractivity contribution is -0.0858. The summed E-state index contributed by atoms with van der Waals surface area (Å²) in [5, 5.41) is 4.02. The molecule has 0 bridgehead atoms. The molecule has 0 spiro atoms. The minimum absolute atomic E-state index is 0.148. The minimum atomic E-state index is -0.313. The maximum absolute atomic E-state index is 6.00. The highest BCUT2D eigenvalue weighted by atomic mass is 16.5. The van der Waals surface area contributed by atoms with E-state index in [9.17, 15) is 0 Å². The average molecular weight is 239 g/mol. The van der Waals surface area contributed by atoms with E-state index in [1.54, 1.807) is 7.11 Å². The molecule has 0 aromatic carbocycles. The number of nitrogens with zero attached hydrogens (tertiary/aromatic N) is 2. The summed E-state index contributed by atoms with van der Waals surface area (Å²) in [6.07, 6.45) is 6.17. The monoisotopic (exact) mass is 239 g/mol. The molecule has 2 rings (SSSR count). The molecule has 1 aromatic rings. The van der Waals surface area contributed by atoms with Gasteiger partial charge in [-0.1, -0.05) is 24.9 Å². The van der Waals surface area contributed by atoms with E-state index in [0.29, 0.717) is 11.7 Å². The molecular formula is C12H21N3O2. The summed E-state index contributed by atoms with van der Waals surface area (Å²) in [7, 11) is 1.70. The normalized spacial score (nSPS) is 19.9. The second-order valence-corrected chi connectivity index (χ2v) is 4.76. The Morgan fingerprint density at radius 3 is 2.82 bits per heavy atom. The predicted molar refractivity (Wildman–Crippen MR) is 63.3 cm³/mol. The van der Waals surface area contributed by atoms with Crippen LogP contribution >= 0.6 is 0 Å². The number of rotatable bonds is 6. The first-order valence-electron chi connectivity index (χ1n) is 6.36. The Morgan fingerprint density at radius 1 is 1.53 bits per heavy atom. The number of nitrogens with two attached hydrogens (primary N) is 1. The Balaban J connectivity index is 2.05. The highest BCUT2D eigenvalue weighted by Gasteiger charge is 2.43. The Hall–Kier alpha value is -0.940. The Labute approximate surface area is 102 Å².